The van der Waals surface area contributed by atoms with E-state index in [0.29, 0.717) is 45.4 Å². The van der Waals surface area contributed by atoms with Gasteiger partial charge in [0.1, 0.15) is 11.9 Å². The van der Waals surface area contributed by atoms with Crippen molar-refractivity contribution in [3.63, 3.8) is 0 Å². The highest BCUT2D eigenvalue weighted by Crippen LogP contribution is 2.33. The third-order valence-electron chi connectivity index (χ3n) is 3.52. The van der Waals surface area contributed by atoms with Crippen molar-refractivity contribution in [3.05, 3.63) is 51.0 Å². The number of methoxy groups -OCH3 is 2. The molecule has 0 saturated carbocycles. The minimum atomic E-state index is -0.0856. The zero-order valence-corrected chi connectivity index (χ0v) is 16.5. The summed E-state index contributed by atoms with van der Waals surface area (Å²) in [6.45, 7) is 3.14. The molecule has 7 heteroatoms. The third kappa shape index (κ3) is 5.58. The summed E-state index contributed by atoms with van der Waals surface area (Å²) in [4.78, 5) is 0. The predicted octanol–water partition coefficient (Wildman–Crippen LogP) is 5.22. The molecule has 2 aromatic carbocycles. The molecule has 0 saturated heterocycles. The molecule has 0 bridgehead atoms. The minimum Gasteiger partial charge on any atom is -0.493 e. The van der Waals surface area contributed by atoms with Crippen molar-refractivity contribution in [2.45, 2.75) is 19.6 Å². The Labute approximate surface area is 162 Å². The minimum absolute atomic E-state index is 0.0856. The van der Waals surface area contributed by atoms with E-state index in [2.05, 4.69) is 5.32 Å². The van der Waals surface area contributed by atoms with Gasteiger partial charge >= 0.3 is 0 Å². The molecule has 1 unspecified atom stereocenters. The summed E-state index contributed by atoms with van der Waals surface area (Å²) < 4.78 is 16.3. The van der Waals surface area contributed by atoms with Crippen LogP contribution >= 0.6 is 34.8 Å². The molecule has 1 atom stereocenters. The molecule has 0 heterocycles. The average Bonchev–Trinajstić information content (AvgIpc) is 2.58. The molecule has 0 amide bonds. The molecule has 0 aliphatic rings. The van der Waals surface area contributed by atoms with Crippen molar-refractivity contribution in [1.82, 2.24) is 5.32 Å². The fourth-order valence-electron chi connectivity index (χ4n) is 2.27. The van der Waals surface area contributed by atoms with Gasteiger partial charge in [-0.2, -0.15) is 0 Å². The van der Waals surface area contributed by atoms with Crippen LogP contribution in [0.1, 0.15) is 12.5 Å². The highest BCUT2D eigenvalue weighted by molar-refractivity contribution is 6.35. The zero-order valence-electron chi connectivity index (χ0n) is 14.2. The van der Waals surface area contributed by atoms with Crippen LogP contribution < -0.4 is 19.5 Å². The van der Waals surface area contributed by atoms with Gasteiger partial charge in [-0.25, -0.2) is 0 Å². The molecular formula is C18H20Cl3NO3. The maximum Gasteiger partial charge on any atom is 0.162 e. The summed E-state index contributed by atoms with van der Waals surface area (Å²) in [5, 5.41) is 4.98. The van der Waals surface area contributed by atoms with Crippen LogP contribution in [0.4, 0.5) is 0 Å². The molecule has 2 aromatic rings. The van der Waals surface area contributed by atoms with E-state index in [1.165, 1.54) is 0 Å². The van der Waals surface area contributed by atoms with E-state index in [1.807, 2.05) is 13.0 Å². The Balaban J connectivity index is 1.91. The maximum atomic E-state index is 6.28. The highest BCUT2D eigenvalue weighted by Gasteiger charge is 2.11. The zero-order chi connectivity index (χ0) is 18.4. The largest absolute Gasteiger partial charge is 0.493 e. The Kier molecular flexibility index (Phi) is 7.51. The lowest BCUT2D eigenvalue weighted by Crippen LogP contribution is -2.28. The van der Waals surface area contributed by atoms with E-state index >= 15 is 0 Å². The summed E-state index contributed by atoms with van der Waals surface area (Å²) >= 11 is 18.3. The summed E-state index contributed by atoms with van der Waals surface area (Å²) in [5.74, 6) is 1.84. The first-order valence-corrected chi connectivity index (χ1v) is 8.80. The Morgan fingerprint density at radius 3 is 2.24 bits per heavy atom. The monoisotopic (exact) mass is 403 g/mol. The molecule has 0 fully saturated rings. The van der Waals surface area contributed by atoms with Crippen LogP contribution in [0.3, 0.4) is 0 Å². The molecular weight excluding hydrogens is 385 g/mol. The molecule has 0 aliphatic heterocycles. The van der Waals surface area contributed by atoms with Gasteiger partial charge in [0.15, 0.2) is 11.5 Å². The van der Waals surface area contributed by atoms with Crippen molar-refractivity contribution in [2.75, 3.05) is 20.8 Å². The molecule has 4 nitrogen and oxygen atoms in total. The molecule has 0 aliphatic carbocycles. The van der Waals surface area contributed by atoms with Crippen LogP contribution in [0.15, 0.2) is 30.3 Å². The van der Waals surface area contributed by atoms with Crippen LogP contribution in [-0.2, 0) is 6.54 Å². The number of hydrogen-bond acceptors (Lipinski definition) is 4. The van der Waals surface area contributed by atoms with Crippen LogP contribution in [0.5, 0.6) is 17.2 Å². The number of hydrogen-bond donors (Lipinski definition) is 1. The molecule has 2 rings (SSSR count). The number of ether oxygens (including phenoxy) is 3. The first-order valence-electron chi connectivity index (χ1n) is 7.67. The highest BCUT2D eigenvalue weighted by atomic mass is 35.5. The van der Waals surface area contributed by atoms with E-state index < -0.39 is 0 Å². The SMILES string of the molecule is COc1cc(Cl)c(CNCC(C)Oc2ccc(Cl)cc2Cl)cc1OC. The van der Waals surface area contributed by atoms with Gasteiger partial charge in [0.05, 0.1) is 19.2 Å². The quantitative estimate of drug-likeness (QED) is 0.654. The van der Waals surface area contributed by atoms with Crippen molar-refractivity contribution >= 4 is 34.8 Å². The summed E-state index contributed by atoms with van der Waals surface area (Å²) in [6, 6.07) is 8.75. The lowest BCUT2D eigenvalue weighted by atomic mass is 10.2. The van der Waals surface area contributed by atoms with E-state index in [9.17, 15) is 0 Å². The molecule has 0 radical (unpaired) electrons. The Hall–Kier alpha value is -1.33. The lowest BCUT2D eigenvalue weighted by molar-refractivity contribution is 0.217. The molecule has 136 valence electrons. The van der Waals surface area contributed by atoms with Crippen molar-refractivity contribution < 1.29 is 14.2 Å². The number of benzene rings is 2. The van der Waals surface area contributed by atoms with Crippen molar-refractivity contribution in [2.24, 2.45) is 0 Å². The summed E-state index contributed by atoms with van der Waals surface area (Å²) in [6.07, 6.45) is -0.0856. The van der Waals surface area contributed by atoms with Gasteiger partial charge in [-0.3, -0.25) is 0 Å². The number of nitrogens with one attached hydrogen (secondary N) is 1. The van der Waals surface area contributed by atoms with Gasteiger partial charge in [0.2, 0.25) is 0 Å². The maximum absolute atomic E-state index is 6.28. The summed E-state index contributed by atoms with van der Waals surface area (Å²) in [7, 11) is 3.17. The fraction of sp³-hybridized carbons (Fsp3) is 0.333. The first-order chi connectivity index (χ1) is 11.9. The lowest BCUT2D eigenvalue weighted by Gasteiger charge is -2.17. The van der Waals surface area contributed by atoms with Gasteiger partial charge < -0.3 is 19.5 Å². The van der Waals surface area contributed by atoms with Gasteiger partial charge in [-0.1, -0.05) is 34.8 Å². The van der Waals surface area contributed by atoms with Crippen LogP contribution in [0, 0.1) is 0 Å². The molecule has 25 heavy (non-hydrogen) atoms. The van der Waals surface area contributed by atoms with Gasteiger partial charge in [0.25, 0.3) is 0 Å². The van der Waals surface area contributed by atoms with Crippen LogP contribution in [-0.4, -0.2) is 26.9 Å². The molecule has 0 spiro atoms. The smallest absolute Gasteiger partial charge is 0.162 e. The third-order valence-corrected chi connectivity index (χ3v) is 4.40. The Morgan fingerprint density at radius 1 is 0.920 bits per heavy atom. The predicted molar refractivity (Wildman–Crippen MR) is 103 cm³/mol. The first kappa shape index (κ1) is 20.0. The van der Waals surface area contributed by atoms with E-state index in [-0.39, 0.29) is 6.10 Å². The van der Waals surface area contributed by atoms with Crippen molar-refractivity contribution in [1.29, 1.82) is 0 Å². The van der Waals surface area contributed by atoms with Crippen molar-refractivity contribution in [3.8, 4) is 17.2 Å². The standard InChI is InChI=1S/C18H20Cl3NO3/c1-11(25-16-5-4-13(19)7-15(16)21)9-22-10-12-6-17(23-2)18(24-3)8-14(12)20/h4-8,11,22H,9-10H2,1-3H3. The molecule has 1 N–H and O–H groups in total. The second-order valence-electron chi connectivity index (χ2n) is 5.43. The van der Waals surface area contributed by atoms with Crippen LogP contribution in [0.2, 0.25) is 15.1 Å². The molecule has 0 aromatic heterocycles. The number of halogens is 3. The van der Waals surface area contributed by atoms with Gasteiger partial charge in [-0.05, 0) is 36.8 Å². The number of rotatable bonds is 8. The van der Waals surface area contributed by atoms with Gasteiger partial charge in [0, 0.05) is 29.2 Å². The van der Waals surface area contributed by atoms with E-state index in [4.69, 9.17) is 49.0 Å². The van der Waals surface area contributed by atoms with E-state index in [0.717, 1.165) is 5.56 Å². The van der Waals surface area contributed by atoms with Gasteiger partial charge in [-0.15, -0.1) is 0 Å². The Morgan fingerprint density at radius 2 is 1.60 bits per heavy atom. The average molecular weight is 405 g/mol. The second-order valence-corrected chi connectivity index (χ2v) is 6.68. The second kappa shape index (κ2) is 9.39. The van der Waals surface area contributed by atoms with Crippen LogP contribution in [0.25, 0.3) is 0 Å². The fourth-order valence-corrected chi connectivity index (χ4v) is 2.94. The normalized spacial score (nSPS) is 11.9. The summed E-state index contributed by atoms with van der Waals surface area (Å²) in [5.41, 5.74) is 0.913. The topological polar surface area (TPSA) is 39.7 Å². The van der Waals surface area contributed by atoms with E-state index in [1.54, 1.807) is 38.5 Å². The Bertz CT molecular complexity index is 725.